The summed E-state index contributed by atoms with van der Waals surface area (Å²) in [6.45, 7) is 2.03. The first-order valence-corrected chi connectivity index (χ1v) is 10.4. The van der Waals surface area contributed by atoms with Crippen LogP contribution < -0.4 is 21.4 Å². The number of carbonyl (C=O) groups is 1. The second kappa shape index (κ2) is 9.23. The average molecular weight is 458 g/mol. The third kappa shape index (κ3) is 4.80. The highest BCUT2D eigenvalue weighted by Crippen LogP contribution is 2.36. The maximum absolute atomic E-state index is 12.4. The number of aromatic nitrogens is 4. The van der Waals surface area contributed by atoms with Crippen LogP contribution in [0.15, 0.2) is 52.2 Å². The van der Waals surface area contributed by atoms with E-state index in [1.807, 2.05) is 0 Å². The minimum atomic E-state index is -0.683. The van der Waals surface area contributed by atoms with Crippen LogP contribution in [0.2, 0.25) is 5.02 Å². The Morgan fingerprint density at radius 3 is 2.59 bits per heavy atom. The SMILES string of the molecule is CCOC(=O)C1CC(n2c(=O)nc(Nc3ccc(Oc4ccc(Cl)cn4)cc3)[nH]c2=O)C1. The number of hydrogen-bond donors (Lipinski definition) is 2. The molecule has 0 unspecified atom stereocenters. The van der Waals surface area contributed by atoms with Crippen LogP contribution in [0.5, 0.6) is 11.6 Å². The van der Waals surface area contributed by atoms with Crippen molar-refractivity contribution in [1.82, 2.24) is 19.5 Å². The van der Waals surface area contributed by atoms with Crippen LogP contribution in [0.3, 0.4) is 0 Å². The lowest BCUT2D eigenvalue weighted by Crippen LogP contribution is -2.46. The van der Waals surface area contributed by atoms with Gasteiger partial charge in [0.15, 0.2) is 0 Å². The van der Waals surface area contributed by atoms with Gasteiger partial charge in [0.2, 0.25) is 11.8 Å². The first-order chi connectivity index (χ1) is 15.4. The Balaban J connectivity index is 1.41. The number of rotatable bonds is 7. The van der Waals surface area contributed by atoms with Crippen molar-refractivity contribution in [3.63, 3.8) is 0 Å². The zero-order valence-corrected chi connectivity index (χ0v) is 17.8. The smallest absolute Gasteiger partial charge is 0.355 e. The Kier molecular flexibility index (Phi) is 6.22. The van der Waals surface area contributed by atoms with Gasteiger partial charge in [-0.15, -0.1) is 0 Å². The van der Waals surface area contributed by atoms with E-state index in [9.17, 15) is 14.4 Å². The normalized spacial score (nSPS) is 17.3. The molecule has 1 fully saturated rings. The molecule has 2 aromatic heterocycles. The standard InChI is InChI=1S/C21H20ClN5O5/c1-2-31-18(28)12-9-15(10-12)27-20(29)25-19(26-21(27)30)24-14-4-6-16(7-5-14)32-17-8-3-13(22)11-23-17/h3-8,11-12,15H,2,9-10H2,1H3,(H2,24,25,26,29,30). The molecule has 166 valence electrons. The van der Waals surface area contributed by atoms with Crippen molar-refractivity contribution in [1.29, 1.82) is 0 Å². The number of nitrogens with one attached hydrogen (secondary N) is 2. The quantitative estimate of drug-likeness (QED) is 0.518. The third-order valence-corrected chi connectivity index (χ3v) is 5.22. The minimum absolute atomic E-state index is 0.0190. The average Bonchev–Trinajstić information content (AvgIpc) is 2.72. The van der Waals surface area contributed by atoms with Gasteiger partial charge in [0, 0.05) is 24.0 Å². The van der Waals surface area contributed by atoms with Crippen LogP contribution in [0.1, 0.15) is 25.8 Å². The summed E-state index contributed by atoms with van der Waals surface area (Å²) in [5.74, 6) is 0.353. The molecule has 1 aliphatic carbocycles. The summed E-state index contributed by atoms with van der Waals surface area (Å²) >= 11 is 5.80. The van der Waals surface area contributed by atoms with Gasteiger partial charge in [-0.3, -0.25) is 9.78 Å². The van der Waals surface area contributed by atoms with E-state index in [1.165, 1.54) is 6.20 Å². The Morgan fingerprint density at radius 1 is 1.22 bits per heavy atom. The third-order valence-electron chi connectivity index (χ3n) is 5.00. The molecular formula is C21H20ClN5O5. The van der Waals surface area contributed by atoms with Gasteiger partial charge in [0.25, 0.3) is 0 Å². The van der Waals surface area contributed by atoms with Crippen molar-refractivity contribution < 1.29 is 14.3 Å². The molecule has 32 heavy (non-hydrogen) atoms. The van der Waals surface area contributed by atoms with E-state index in [-0.39, 0.29) is 23.9 Å². The molecule has 2 N–H and O–H groups in total. The molecule has 3 aromatic rings. The lowest BCUT2D eigenvalue weighted by Gasteiger charge is -2.33. The monoisotopic (exact) mass is 457 g/mol. The summed E-state index contributed by atoms with van der Waals surface area (Å²) in [5.41, 5.74) is -0.682. The molecule has 0 bridgehead atoms. The molecule has 1 aromatic carbocycles. The van der Waals surface area contributed by atoms with Crippen molar-refractivity contribution >= 4 is 29.2 Å². The number of carbonyl (C=O) groups excluding carboxylic acids is 1. The molecule has 0 radical (unpaired) electrons. The first-order valence-electron chi connectivity index (χ1n) is 9.99. The largest absolute Gasteiger partial charge is 0.466 e. The van der Waals surface area contributed by atoms with E-state index in [0.29, 0.717) is 41.8 Å². The zero-order valence-electron chi connectivity index (χ0n) is 17.1. The van der Waals surface area contributed by atoms with Crippen LogP contribution in [-0.2, 0) is 9.53 Å². The number of H-pyrrole nitrogens is 1. The Labute approximate surface area is 187 Å². The Bertz CT molecular complexity index is 1190. The molecule has 11 heteroatoms. The van der Waals surface area contributed by atoms with E-state index in [4.69, 9.17) is 21.1 Å². The number of esters is 1. The van der Waals surface area contributed by atoms with E-state index in [2.05, 4.69) is 20.3 Å². The van der Waals surface area contributed by atoms with Gasteiger partial charge in [0.05, 0.1) is 17.5 Å². The molecule has 4 rings (SSSR count). The molecular weight excluding hydrogens is 438 g/mol. The summed E-state index contributed by atoms with van der Waals surface area (Å²) in [7, 11) is 0. The Hall–Kier alpha value is -3.66. The van der Waals surface area contributed by atoms with E-state index in [0.717, 1.165) is 4.57 Å². The van der Waals surface area contributed by atoms with E-state index < -0.39 is 11.4 Å². The minimum Gasteiger partial charge on any atom is -0.466 e. The summed E-state index contributed by atoms with van der Waals surface area (Å²) in [6, 6.07) is 9.74. The topological polar surface area (TPSA) is 128 Å². The summed E-state index contributed by atoms with van der Waals surface area (Å²) in [4.78, 5) is 47.1. The van der Waals surface area contributed by atoms with Gasteiger partial charge >= 0.3 is 17.3 Å². The number of hydrogen-bond acceptors (Lipinski definition) is 8. The van der Waals surface area contributed by atoms with Crippen LogP contribution in [0, 0.1) is 5.92 Å². The fourth-order valence-electron chi connectivity index (χ4n) is 3.34. The maximum atomic E-state index is 12.4. The number of pyridine rings is 1. The van der Waals surface area contributed by atoms with Crippen molar-refractivity contribution in [3.8, 4) is 11.6 Å². The fraction of sp³-hybridized carbons (Fsp3) is 0.286. The Morgan fingerprint density at radius 2 is 1.97 bits per heavy atom. The number of halogens is 1. The van der Waals surface area contributed by atoms with Crippen LogP contribution in [0.25, 0.3) is 0 Å². The fourth-order valence-corrected chi connectivity index (χ4v) is 3.46. The van der Waals surface area contributed by atoms with Crippen molar-refractivity contribution in [3.05, 3.63) is 68.6 Å². The lowest BCUT2D eigenvalue weighted by atomic mass is 9.80. The van der Waals surface area contributed by atoms with E-state index in [1.54, 1.807) is 43.3 Å². The van der Waals surface area contributed by atoms with Crippen molar-refractivity contribution in [2.45, 2.75) is 25.8 Å². The van der Waals surface area contributed by atoms with Crippen LogP contribution in [0.4, 0.5) is 11.6 Å². The molecule has 10 nitrogen and oxygen atoms in total. The highest BCUT2D eigenvalue weighted by molar-refractivity contribution is 6.30. The second-order valence-corrected chi connectivity index (χ2v) is 7.62. The highest BCUT2D eigenvalue weighted by atomic mass is 35.5. The van der Waals surface area contributed by atoms with E-state index >= 15 is 0 Å². The molecule has 0 atom stereocenters. The molecule has 0 amide bonds. The molecule has 0 spiro atoms. The molecule has 0 saturated heterocycles. The molecule has 1 aliphatic rings. The summed E-state index contributed by atoms with van der Waals surface area (Å²) in [6.07, 6.45) is 2.23. The van der Waals surface area contributed by atoms with Crippen LogP contribution in [-0.4, -0.2) is 32.1 Å². The maximum Gasteiger partial charge on any atom is 0.355 e. The van der Waals surface area contributed by atoms with Crippen molar-refractivity contribution in [2.24, 2.45) is 5.92 Å². The second-order valence-electron chi connectivity index (χ2n) is 7.18. The van der Waals surface area contributed by atoms with Gasteiger partial charge in [0.1, 0.15) is 5.75 Å². The first kappa shape index (κ1) is 21.6. The number of anilines is 2. The summed E-state index contributed by atoms with van der Waals surface area (Å²) < 4.78 is 11.6. The molecule has 1 saturated carbocycles. The molecule has 2 heterocycles. The van der Waals surface area contributed by atoms with Gasteiger partial charge in [-0.2, -0.15) is 4.98 Å². The number of aromatic amines is 1. The van der Waals surface area contributed by atoms with Gasteiger partial charge in [-0.25, -0.2) is 19.1 Å². The van der Waals surface area contributed by atoms with Gasteiger partial charge in [-0.05, 0) is 50.1 Å². The van der Waals surface area contributed by atoms with Gasteiger partial charge < -0.3 is 14.8 Å². The lowest BCUT2D eigenvalue weighted by molar-refractivity contribution is -0.152. The predicted molar refractivity (Wildman–Crippen MR) is 117 cm³/mol. The van der Waals surface area contributed by atoms with Crippen LogP contribution >= 0.6 is 11.6 Å². The number of benzene rings is 1. The summed E-state index contributed by atoms with van der Waals surface area (Å²) in [5, 5.41) is 3.40. The van der Waals surface area contributed by atoms with Gasteiger partial charge in [-0.1, -0.05) is 11.6 Å². The predicted octanol–water partition coefficient (Wildman–Crippen LogP) is 3.03. The number of nitrogens with zero attached hydrogens (tertiary/aromatic N) is 3. The zero-order chi connectivity index (χ0) is 22.7. The van der Waals surface area contributed by atoms with Crippen molar-refractivity contribution in [2.75, 3.05) is 11.9 Å². The molecule has 0 aliphatic heterocycles. The highest BCUT2D eigenvalue weighted by Gasteiger charge is 2.38. The number of ether oxygens (including phenoxy) is 2.